The molecule has 4 heteroatoms. The lowest BCUT2D eigenvalue weighted by atomic mass is 10.0. The highest BCUT2D eigenvalue weighted by Gasteiger charge is 2.43. The third-order valence-electron chi connectivity index (χ3n) is 3.09. The quantitative estimate of drug-likeness (QED) is 0.835. The van der Waals surface area contributed by atoms with Crippen molar-refractivity contribution in [2.45, 2.75) is 19.3 Å². The first kappa shape index (κ1) is 8.83. The lowest BCUT2D eigenvalue weighted by Crippen LogP contribution is -2.08. The number of hydrogen-bond acceptors (Lipinski definition) is 2. The first-order chi connectivity index (χ1) is 7.31. The van der Waals surface area contributed by atoms with Crippen molar-refractivity contribution in [2.75, 3.05) is 6.67 Å². The smallest absolute Gasteiger partial charge is 0.157 e. The maximum absolute atomic E-state index is 12.7. The van der Waals surface area contributed by atoms with Gasteiger partial charge in [-0.15, -0.1) is 0 Å². The second-order valence-corrected chi connectivity index (χ2v) is 4.37. The molecule has 0 radical (unpaired) electrons. The molecule has 15 heavy (non-hydrogen) atoms. The van der Waals surface area contributed by atoms with Gasteiger partial charge < -0.3 is 4.98 Å². The van der Waals surface area contributed by atoms with Gasteiger partial charge in [-0.25, -0.2) is 9.97 Å². The molecule has 78 valence electrons. The molecule has 2 aromatic heterocycles. The van der Waals surface area contributed by atoms with Crippen LogP contribution in [0.5, 0.6) is 0 Å². The van der Waals surface area contributed by atoms with Crippen molar-refractivity contribution in [1.82, 2.24) is 15.0 Å². The molecular formula is C11H12FN3. The van der Waals surface area contributed by atoms with Crippen molar-refractivity contribution in [2.24, 2.45) is 5.41 Å². The number of alkyl halides is 1. The summed E-state index contributed by atoms with van der Waals surface area (Å²) in [6, 6.07) is 3.77. The Morgan fingerprint density at radius 3 is 3.00 bits per heavy atom. The number of nitrogens with zero attached hydrogens (tertiary/aromatic N) is 2. The standard InChI is InChI=1S/C11H12FN3/c12-7-11(3-4-11)6-9-14-8-2-1-5-13-10(8)15-9/h1-2,5H,3-4,6-7H2,(H,13,14,15). The van der Waals surface area contributed by atoms with E-state index >= 15 is 0 Å². The summed E-state index contributed by atoms with van der Waals surface area (Å²) in [5.41, 5.74) is 1.54. The third kappa shape index (κ3) is 1.50. The minimum absolute atomic E-state index is 0.117. The molecule has 2 aromatic rings. The van der Waals surface area contributed by atoms with Crippen molar-refractivity contribution in [3.8, 4) is 0 Å². The van der Waals surface area contributed by atoms with Gasteiger partial charge in [-0.1, -0.05) is 0 Å². The fraction of sp³-hybridized carbons (Fsp3) is 0.455. The van der Waals surface area contributed by atoms with Gasteiger partial charge >= 0.3 is 0 Å². The molecule has 1 saturated carbocycles. The summed E-state index contributed by atoms with van der Waals surface area (Å²) >= 11 is 0. The molecular weight excluding hydrogens is 193 g/mol. The predicted octanol–water partition coefficient (Wildman–Crippen LogP) is 2.25. The summed E-state index contributed by atoms with van der Waals surface area (Å²) in [6.07, 6.45) is 4.40. The number of aromatic amines is 1. The zero-order valence-electron chi connectivity index (χ0n) is 8.33. The summed E-state index contributed by atoms with van der Waals surface area (Å²) in [5.74, 6) is 0.860. The first-order valence-corrected chi connectivity index (χ1v) is 5.17. The second-order valence-electron chi connectivity index (χ2n) is 4.37. The Labute approximate surface area is 86.7 Å². The van der Waals surface area contributed by atoms with E-state index in [0.29, 0.717) is 6.42 Å². The van der Waals surface area contributed by atoms with Crippen molar-refractivity contribution in [3.63, 3.8) is 0 Å². The van der Waals surface area contributed by atoms with Crippen LogP contribution in [-0.2, 0) is 6.42 Å². The van der Waals surface area contributed by atoms with Gasteiger partial charge in [-0.3, -0.25) is 4.39 Å². The van der Waals surface area contributed by atoms with Crippen LogP contribution in [0.2, 0.25) is 0 Å². The van der Waals surface area contributed by atoms with Crippen LogP contribution in [0.3, 0.4) is 0 Å². The van der Waals surface area contributed by atoms with Gasteiger partial charge in [0.1, 0.15) is 11.3 Å². The molecule has 0 aromatic carbocycles. The van der Waals surface area contributed by atoms with Crippen LogP contribution < -0.4 is 0 Å². The SMILES string of the molecule is FCC1(Cc2nc3cccnc3[nH]2)CC1. The Morgan fingerprint density at radius 1 is 1.47 bits per heavy atom. The number of hydrogen-bond donors (Lipinski definition) is 1. The number of pyridine rings is 1. The number of rotatable bonds is 3. The highest BCUT2D eigenvalue weighted by Crippen LogP contribution is 2.48. The number of halogens is 1. The fourth-order valence-corrected chi connectivity index (χ4v) is 1.87. The van der Waals surface area contributed by atoms with E-state index in [-0.39, 0.29) is 12.1 Å². The Kier molecular flexibility index (Phi) is 1.78. The van der Waals surface area contributed by atoms with Gasteiger partial charge in [0.2, 0.25) is 0 Å². The largest absolute Gasteiger partial charge is 0.327 e. The van der Waals surface area contributed by atoms with E-state index in [1.807, 2.05) is 12.1 Å². The van der Waals surface area contributed by atoms with Gasteiger partial charge in [-0.2, -0.15) is 0 Å². The lowest BCUT2D eigenvalue weighted by Gasteiger charge is -2.06. The molecule has 1 fully saturated rings. The van der Waals surface area contributed by atoms with Crippen LogP contribution >= 0.6 is 0 Å². The molecule has 0 aliphatic heterocycles. The average Bonchev–Trinajstić information content (AvgIpc) is 2.91. The average molecular weight is 205 g/mol. The molecule has 1 aliphatic rings. The van der Waals surface area contributed by atoms with Gasteiger partial charge in [-0.05, 0) is 25.0 Å². The van der Waals surface area contributed by atoms with E-state index in [9.17, 15) is 4.39 Å². The van der Waals surface area contributed by atoms with Crippen molar-refractivity contribution >= 4 is 11.2 Å². The molecule has 3 nitrogen and oxygen atoms in total. The van der Waals surface area contributed by atoms with E-state index in [1.165, 1.54) is 0 Å². The summed E-state index contributed by atoms with van der Waals surface area (Å²) < 4.78 is 12.7. The Bertz CT molecular complexity index is 454. The van der Waals surface area contributed by atoms with Crippen LogP contribution in [0.1, 0.15) is 18.7 Å². The van der Waals surface area contributed by atoms with Crippen molar-refractivity contribution in [1.29, 1.82) is 0 Å². The number of H-pyrrole nitrogens is 1. The van der Waals surface area contributed by atoms with E-state index in [4.69, 9.17) is 0 Å². The van der Waals surface area contributed by atoms with E-state index in [0.717, 1.165) is 29.8 Å². The van der Waals surface area contributed by atoms with Crippen LogP contribution in [0, 0.1) is 5.41 Å². The van der Waals surface area contributed by atoms with Crippen molar-refractivity contribution in [3.05, 3.63) is 24.2 Å². The van der Waals surface area contributed by atoms with Gasteiger partial charge in [0, 0.05) is 18.0 Å². The second kappa shape index (κ2) is 3.02. The zero-order valence-corrected chi connectivity index (χ0v) is 8.33. The number of nitrogens with one attached hydrogen (secondary N) is 1. The van der Waals surface area contributed by atoms with E-state index in [1.54, 1.807) is 6.20 Å². The van der Waals surface area contributed by atoms with Crippen LogP contribution in [0.25, 0.3) is 11.2 Å². The maximum atomic E-state index is 12.7. The number of aromatic nitrogens is 3. The Balaban J connectivity index is 1.92. The highest BCUT2D eigenvalue weighted by molar-refractivity contribution is 5.69. The third-order valence-corrected chi connectivity index (χ3v) is 3.09. The maximum Gasteiger partial charge on any atom is 0.157 e. The van der Waals surface area contributed by atoms with Crippen LogP contribution in [0.15, 0.2) is 18.3 Å². The first-order valence-electron chi connectivity index (χ1n) is 5.17. The predicted molar refractivity (Wildman–Crippen MR) is 55.2 cm³/mol. The molecule has 1 N–H and O–H groups in total. The van der Waals surface area contributed by atoms with Gasteiger partial charge in [0.05, 0.1) is 6.67 Å². The lowest BCUT2D eigenvalue weighted by molar-refractivity contribution is 0.336. The Morgan fingerprint density at radius 2 is 2.33 bits per heavy atom. The highest BCUT2D eigenvalue weighted by atomic mass is 19.1. The fourth-order valence-electron chi connectivity index (χ4n) is 1.87. The summed E-state index contributed by atoms with van der Waals surface area (Å²) in [7, 11) is 0. The minimum atomic E-state index is -0.239. The molecule has 3 rings (SSSR count). The molecule has 2 heterocycles. The summed E-state index contributed by atoms with van der Waals surface area (Å²) in [4.78, 5) is 11.7. The molecule has 0 spiro atoms. The minimum Gasteiger partial charge on any atom is -0.327 e. The molecule has 0 amide bonds. The van der Waals surface area contributed by atoms with E-state index < -0.39 is 0 Å². The molecule has 0 unspecified atom stereocenters. The topological polar surface area (TPSA) is 41.6 Å². The number of imidazole rings is 1. The molecule has 0 bridgehead atoms. The van der Waals surface area contributed by atoms with Gasteiger partial charge in [0.15, 0.2) is 5.65 Å². The van der Waals surface area contributed by atoms with Crippen LogP contribution in [0.4, 0.5) is 4.39 Å². The summed E-state index contributed by atoms with van der Waals surface area (Å²) in [5, 5.41) is 0. The number of fused-ring (bicyclic) bond motifs is 1. The molecule has 0 atom stereocenters. The van der Waals surface area contributed by atoms with Crippen LogP contribution in [-0.4, -0.2) is 21.6 Å². The zero-order chi connectivity index (χ0) is 10.3. The monoisotopic (exact) mass is 205 g/mol. The van der Waals surface area contributed by atoms with Crippen molar-refractivity contribution < 1.29 is 4.39 Å². The normalized spacial score (nSPS) is 18.2. The van der Waals surface area contributed by atoms with E-state index in [2.05, 4.69) is 15.0 Å². The molecule has 0 saturated heterocycles. The van der Waals surface area contributed by atoms with Gasteiger partial charge in [0.25, 0.3) is 0 Å². The summed E-state index contributed by atoms with van der Waals surface area (Å²) in [6.45, 7) is -0.239. The molecule has 1 aliphatic carbocycles. The Hall–Kier alpha value is -1.45.